The fourth-order valence-electron chi connectivity index (χ4n) is 2.92. The van der Waals surface area contributed by atoms with E-state index >= 15 is 0 Å². The minimum absolute atomic E-state index is 0.261. The molecule has 0 aromatic heterocycles. The second kappa shape index (κ2) is 7.25. The Balaban J connectivity index is 1.92. The molecule has 0 saturated carbocycles. The van der Waals surface area contributed by atoms with Gasteiger partial charge in [0.15, 0.2) is 0 Å². The highest BCUT2D eigenvalue weighted by Gasteiger charge is 2.29. The summed E-state index contributed by atoms with van der Waals surface area (Å²) >= 11 is 0. The van der Waals surface area contributed by atoms with E-state index in [1.54, 1.807) is 0 Å². The Morgan fingerprint density at radius 2 is 2.10 bits per heavy atom. The van der Waals surface area contributed by atoms with Gasteiger partial charge in [-0.1, -0.05) is 42.5 Å². The summed E-state index contributed by atoms with van der Waals surface area (Å²) in [5, 5.41) is 8.62. The van der Waals surface area contributed by atoms with Crippen LogP contribution in [0.15, 0.2) is 42.5 Å². The van der Waals surface area contributed by atoms with Gasteiger partial charge in [-0.3, -0.25) is 4.79 Å². The first kappa shape index (κ1) is 14.8. The molecule has 0 amide bonds. The van der Waals surface area contributed by atoms with Gasteiger partial charge in [-0.25, -0.2) is 0 Å². The van der Waals surface area contributed by atoms with Crippen molar-refractivity contribution in [3.63, 3.8) is 0 Å². The average molecular weight is 273 g/mol. The molecule has 1 fully saturated rings. The number of likely N-dealkylation sites (N-methyl/N-ethyl adjacent to an activating group) is 1. The number of allylic oxidation sites excluding steroid dienone is 1. The Kier molecular flexibility index (Phi) is 5.36. The Hall–Kier alpha value is -1.61. The van der Waals surface area contributed by atoms with Crippen LogP contribution in [0.2, 0.25) is 0 Å². The maximum Gasteiger partial charge on any atom is 0.303 e. The minimum Gasteiger partial charge on any atom is -0.481 e. The molecule has 1 heterocycles. The van der Waals surface area contributed by atoms with Gasteiger partial charge >= 0.3 is 5.97 Å². The zero-order valence-corrected chi connectivity index (χ0v) is 12.0. The van der Waals surface area contributed by atoms with Crippen molar-refractivity contribution in [1.82, 2.24) is 4.90 Å². The van der Waals surface area contributed by atoms with Crippen LogP contribution in [-0.2, 0) is 4.79 Å². The number of carboxylic acids is 1. The SMILES string of the molecule is CN1C[C@H](c2ccccc2)[C@@H](/C=C\CCCC(=O)O)C1. The van der Waals surface area contributed by atoms with Gasteiger partial charge in [-0.2, -0.15) is 0 Å². The van der Waals surface area contributed by atoms with Crippen molar-refractivity contribution < 1.29 is 9.90 Å². The van der Waals surface area contributed by atoms with Crippen molar-refractivity contribution in [2.24, 2.45) is 5.92 Å². The van der Waals surface area contributed by atoms with Crippen LogP contribution in [0.25, 0.3) is 0 Å². The normalized spacial score (nSPS) is 23.4. The lowest BCUT2D eigenvalue weighted by Crippen LogP contribution is -2.13. The molecule has 20 heavy (non-hydrogen) atoms. The highest BCUT2D eigenvalue weighted by molar-refractivity contribution is 5.66. The van der Waals surface area contributed by atoms with E-state index in [9.17, 15) is 4.79 Å². The van der Waals surface area contributed by atoms with Crippen molar-refractivity contribution >= 4 is 5.97 Å². The molecular weight excluding hydrogens is 250 g/mol. The number of rotatable bonds is 6. The Morgan fingerprint density at radius 1 is 1.35 bits per heavy atom. The molecule has 3 heteroatoms. The molecule has 1 aliphatic heterocycles. The maximum atomic E-state index is 10.5. The first-order valence-corrected chi connectivity index (χ1v) is 7.29. The quantitative estimate of drug-likeness (QED) is 0.639. The standard InChI is InChI=1S/C17H23NO2/c1-18-12-15(10-6-3-7-11-17(19)20)16(13-18)14-8-4-2-5-9-14/h2,4-6,8-10,15-16H,3,7,11-13H2,1H3,(H,19,20)/b10-6-/t15-,16+/m0/s1. The minimum atomic E-state index is -0.707. The molecule has 2 rings (SSSR count). The molecule has 0 aliphatic carbocycles. The van der Waals surface area contributed by atoms with Gasteiger partial charge < -0.3 is 10.0 Å². The fourth-order valence-corrected chi connectivity index (χ4v) is 2.92. The highest BCUT2D eigenvalue weighted by Crippen LogP contribution is 2.32. The molecule has 1 aliphatic rings. The molecule has 0 unspecified atom stereocenters. The van der Waals surface area contributed by atoms with E-state index in [-0.39, 0.29) is 6.42 Å². The predicted octanol–water partition coefficient (Wildman–Crippen LogP) is 3.14. The lowest BCUT2D eigenvalue weighted by atomic mass is 9.88. The van der Waals surface area contributed by atoms with Crippen LogP contribution in [-0.4, -0.2) is 36.1 Å². The van der Waals surface area contributed by atoms with Crippen molar-refractivity contribution in [2.45, 2.75) is 25.2 Å². The van der Waals surface area contributed by atoms with E-state index in [1.807, 2.05) is 0 Å². The number of carbonyl (C=O) groups is 1. The number of carboxylic acid groups (broad SMARTS) is 1. The third-order valence-corrected chi connectivity index (χ3v) is 3.92. The molecule has 1 saturated heterocycles. The smallest absolute Gasteiger partial charge is 0.303 e. The summed E-state index contributed by atoms with van der Waals surface area (Å²) in [5.41, 5.74) is 1.40. The molecule has 0 spiro atoms. The van der Waals surface area contributed by atoms with Gasteiger partial charge in [0, 0.05) is 25.4 Å². The largest absolute Gasteiger partial charge is 0.481 e. The molecular formula is C17H23NO2. The molecule has 0 radical (unpaired) electrons. The summed E-state index contributed by atoms with van der Waals surface area (Å²) in [6, 6.07) is 10.7. The maximum absolute atomic E-state index is 10.5. The Morgan fingerprint density at radius 3 is 2.80 bits per heavy atom. The molecule has 108 valence electrons. The van der Waals surface area contributed by atoms with Gasteiger partial charge in [0.25, 0.3) is 0 Å². The van der Waals surface area contributed by atoms with Crippen LogP contribution in [0.1, 0.15) is 30.7 Å². The second-order valence-corrected chi connectivity index (χ2v) is 5.62. The topological polar surface area (TPSA) is 40.5 Å². The van der Waals surface area contributed by atoms with Gasteiger partial charge in [0.2, 0.25) is 0 Å². The predicted molar refractivity (Wildman–Crippen MR) is 80.8 cm³/mol. The molecule has 0 bridgehead atoms. The third kappa shape index (κ3) is 4.20. The summed E-state index contributed by atoms with van der Waals surface area (Å²) < 4.78 is 0. The van der Waals surface area contributed by atoms with E-state index in [4.69, 9.17) is 5.11 Å². The van der Waals surface area contributed by atoms with E-state index in [1.165, 1.54) is 5.56 Å². The van der Waals surface area contributed by atoms with Crippen molar-refractivity contribution in [3.8, 4) is 0 Å². The van der Waals surface area contributed by atoms with Gasteiger partial charge in [0.05, 0.1) is 0 Å². The monoisotopic (exact) mass is 273 g/mol. The van der Waals surface area contributed by atoms with Crippen molar-refractivity contribution in [2.75, 3.05) is 20.1 Å². The zero-order valence-electron chi connectivity index (χ0n) is 12.0. The van der Waals surface area contributed by atoms with E-state index < -0.39 is 5.97 Å². The summed E-state index contributed by atoms with van der Waals surface area (Å²) in [7, 11) is 2.16. The summed E-state index contributed by atoms with van der Waals surface area (Å²) in [6.07, 6.45) is 6.28. The van der Waals surface area contributed by atoms with Gasteiger partial charge in [-0.15, -0.1) is 0 Å². The first-order valence-electron chi connectivity index (χ1n) is 7.29. The average Bonchev–Trinajstić information content (AvgIpc) is 2.80. The van der Waals surface area contributed by atoms with Crippen LogP contribution in [0, 0.1) is 5.92 Å². The molecule has 2 atom stereocenters. The van der Waals surface area contributed by atoms with Gasteiger partial charge in [0.1, 0.15) is 0 Å². The number of likely N-dealkylation sites (tertiary alicyclic amines) is 1. The number of hydrogen-bond acceptors (Lipinski definition) is 2. The fraction of sp³-hybridized carbons (Fsp3) is 0.471. The zero-order chi connectivity index (χ0) is 14.4. The number of benzene rings is 1. The molecule has 3 nitrogen and oxygen atoms in total. The number of nitrogens with zero attached hydrogens (tertiary/aromatic N) is 1. The van der Waals surface area contributed by atoms with E-state index in [0.717, 1.165) is 25.9 Å². The molecule has 1 aromatic rings. The lowest BCUT2D eigenvalue weighted by Gasteiger charge is -2.15. The Labute approximate surface area is 120 Å². The number of aliphatic carboxylic acids is 1. The third-order valence-electron chi connectivity index (χ3n) is 3.92. The van der Waals surface area contributed by atoms with E-state index in [0.29, 0.717) is 11.8 Å². The number of unbranched alkanes of at least 4 members (excludes halogenated alkanes) is 1. The first-order chi connectivity index (χ1) is 9.66. The number of hydrogen-bond donors (Lipinski definition) is 1. The van der Waals surface area contributed by atoms with Gasteiger partial charge in [-0.05, 0) is 31.4 Å². The van der Waals surface area contributed by atoms with Crippen LogP contribution in [0.5, 0.6) is 0 Å². The second-order valence-electron chi connectivity index (χ2n) is 5.62. The lowest BCUT2D eigenvalue weighted by molar-refractivity contribution is -0.137. The summed E-state index contributed by atoms with van der Waals surface area (Å²) in [5.74, 6) is 0.380. The summed E-state index contributed by atoms with van der Waals surface area (Å²) in [6.45, 7) is 2.17. The van der Waals surface area contributed by atoms with Crippen LogP contribution >= 0.6 is 0 Å². The Bertz CT molecular complexity index is 455. The van der Waals surface area contributed by atoms with E-state index in [2.05, 4.69) is 54.4 Å². The van der Waals surface area contributed by atoms with Crippen LogP contribution in [0.3, 0.4) is 0 Å². The summed E-state index contributed by atoms with van der Waals surface area (Å²) in [4.78, 5) is 12.8. The molecule has 1 N–H and O–H groups in total. The highest BCUT2D eigenvalue weighted by atomic mass is 16.4. The van der Waals surface area contributed by atoms with Crippen LogP contribution < -0.4 is 0 Å². The van der Waals surface area contributed by atoms with Crippen molar-refractivity contribution in [1.29, 1.82) is 0 Å². The van der Waals surface area contributed by atoms with Crippen LogP contribution in [0.4, 0.5) is 0 Å². The van der Waals surface area contributed by atoms with Crippen molar-refractivity contribution in [3.05, 3.63) is 48.0 Å². The molecule has 1 aromatic carbocycles.